The molecule has 0 saturated carbocycles. The maximum absolute atomic E-state index is 10.9. The molecule has 2 aliphatic rings. The third-order valence-electron chi connectivity index (χ3n) is 4.11. The van der Waals surface area contributed by atoms with E-state index >= 15 is 0 Å². The summed E-state index contributed by atoms with van der Waals surface area (Å²) in [5.41, 5.74) is 3.06. The Labute approximate surface area is 144 Å². The van der Waals surface area contributed by atoms with E-state index in [1.54, 1.807) is 31.4 Å². The predicted molar refractivity (Wildman–Crippen MR) is 82.1 cm³/mol. The third kappa shape index (κ3) is 3.92. The van der Waals surface area contributed by atoms with Crippen molar-refractivity contribution < 1.29 is 38.8 Å². The molecule has 0 spiro atoms. The van der Waals surface area contributed by atoms with Crippen LogP contribution in [0.5, 0.6) is 5.75 Å². The first-order valence-corrected chi connectivity index (χ1v) is 7.85. The van der Waals surface area contributed by atoms with Crippen LogP contribution < -0.4 is 10.2 Å². The summed E-state index contributed by atoms with van der Waals surface area (Å²) in [6, 6.07) is 6.10. The number of methoxy groups -OCH3 is 1. The first-order valence-electron chi connectivity index (χ1n) is 7.85. The minimum atomic E-state index is -1.37. The van der Waals surface area contributed by atoms with E-state index in [-0.39, 0.29) is 6.61 Å². The van der Waals surface area contributed by atoms with Crippen LogP contribution in [-0.2, 0) is 23.8 Å². The van der Waals surface area contributed by atoms with Gasteiger partial charge in [-0.15, -0.1) is 5.48 Å². The Kier molecular flexibility index (Phi) is 5.52. The summed E-state index contributed by atoms with van der Waals surface area (Å²) in [6.45, 7) is 1.33. The van der Waals surface area contributed by atoms with Crippen LogP contribution in [0.15, 0.2) is 24.3 Å². The first kappa shape index (κ1) is 18.1. The number of hydrogen-bond donors (Lipinski definition) is 3. The Morgan fingerprint density at radius 3 is 2.60 bits per heavy atom. The average molecular weight is 355 g/mol. The summed E-state index contributed by atoms with van der Waals surface area (Å²) in [7, 11) is 1.57. The minimum Gasteiger partial charge on any atom is -0.497 e. The molecular formula is C16H21NO8. The molecule has 2 fully saturated rings. The van der Waals surface area contributed by atoms with Crippen molar-refractivity contribution in [3.8, 4) is 5.75 Å². The van der Waals surface area contributed by atoms with Crippen molar-refractivity contribution in [2.45, 2.75) is 43.9 Å². The highest BCUT2D eigenvalue weighted by Gasteiger charge is 2.49. The van der Waals surface area contributed by atoms with E-state index in [2.05, 4.69) is 10.3 Å². The van der Waals surface area contributed by atoms with Crippen LogP contribution in [0.1, 0.15) is 18.8 Å². The van der Waals surface area contributed by atoms with Crippen molar-refractivity contribution in [3.63, 3.8) is 0 Å². The van der Waals surface area contributed by atoms with Crippen molar-refractivity contribution in [1.29, 1.82) is 0 Å². The van der Waals surface area contributed by atoms with Crippen molar-refractivity contribution in [2.24, 2.45) is 0 Å². The van der Waals surface area contributed by atoms with Gasteiger partial charge in [0.2, 0.25) is 0 Å². The van der Waals surface area contributed by atoms with Gasteiger partial charge in [-0.2, -0.15) is 0 Å². The number of rotatable bonds is 4. The van der Waals surface area contributed by atoms with E-state index in [0.717, 1.165) is 5.56 Å². The van der Waals surface area contributed by atoms with Gasteiger partial charge < -0.3 is 34.0 Å². The summed E-state index contributed by atoms with van der Waals surface area (Å²) < 4.78 is 21.9. The fraction of sp³-hybridized carbons (Fsp3) is 0.562. The monoisotopic (exact) mass is 355 g/mol. The van der Waals surface area contributed by atoms with Gasteiger partial charge in [0.05, 0.1) is 13.7 Å². The van der Waals surface area contributed by atoms with Gasteiger partial charge in [0.1, 0.15) is 30.1 Å². The molecule has 0 aromatic heterocycles. The fourth-order valence-electron chi connectivity index (χ4n) is 2.82. The van der Waals surface area contributed by atoms with E-state index in [4.69, 9.17) is 18.9 Å². The molecule has 6 atom stereocenters. The molecule has 2 saturated heterocycles. The average Bonchev–Trinajstić information content (AvgIpc) is 2.61. The van der Waals surface area contributed by atoms with Crippen LogP contribution in [0.2, 0.25) is 0 Å². The smallest absolute Gasteiger partial charge is 0.321 e. The number of carbonyl (C=O) groups is 1. The zero-order valence-corrected chi connectivity index (χ0v) is 13.8. The molecule has 138 valence electrons. The van der Waals surface area contributed by atoms with Crippen LogP contribution >= 0.6 is 0 Å². The number of hydroxylamine groups is 1. The number of nitrogens with one attached hydrogen (secondary N) is 1. The Bertz CT molecular complexity index is 594. The van der Waals surface area contributed by atoms with E-state index < -0.39 is 42.9 Å². The lowest BCUT2D eigenvalue weighted by Gasteiger charge is -2.46. The Morgan fingerprint density at radius 1 is 1.24 bits per heavy atom. The SMILES string of the molecule is COc1ccc([C@@H]2OC[C@@H]3O[C@H](O)[C@H](NOC(C)=O)[C@H](O)[C@H]3O2)cc1. The summed E-state index contributed by atoms with van der Waals surface area (Å²) in [5, 5.41) is 20.5. The molecule has 2 heterocycles. The van der Waals surface area contributed by atoms with E-state index in [0.29, 0.717) is 5.75 Å². The topological polar surface area (TPSA) is 116 Å². The van der Waals surface area contributed by atoms with Crippen molar-refractivity contribution >= 4 is 5.97 Å². The second kappa shape index (κ2) is 7.65. The van der Waals surface area contributed by atoms with Gasteiger partial charge in [0, 0.05) is 12.5 Å². The van der Waals surface area contributed by atoms with E-state index in [1.165, 1.54) is 6.92 Å². The number of fused-ring (bicyclic) bond motifs is 1. The van der Waals surface area contributed by atoms with Crippen LogP contribution in [0.25, 0.3) is 0 Å². The molecule has 3 N–H and O–H groups in total. The van der Waals surface area contributed by atoms with Gasteiger partial charge in [-0.05, 0) is 12.1 Å². The van der Waals surface area contributed by atoms with Crippen LogP contribution in [0.3, 0.4) is 0 Å². The normalized spacial score (nSPS) is 34.9. The second-order valence-electron chi connectivity index (χ2n) is 5.83. The number of hydrogen-bond acceptors (Lipinski definition) is 9. The third-order valence-corrected chi connectivity index (χ3v) is 4.11. The maximum atomic E-state index is 10.9. The number of aliphatic hydroxyl groups excluding tert-OH is 2. The van der Waals surface area contributed by atoms with Gasteiger partial charge in [0.25, 0.3) is 0 Å². The highest BCUT2D eigenvalue weighted by atomic mass is 16.7. The molecule has 0 unspecified atom stereocenters. The fourth-order valence-corrected chi connectivity index (χ4v) is 2.82. The van der Waals surface area contributed by atoms with Gasteiger partial charge in [-0.1, -0.05) is 12.1 Å². The lowest BCUT2D eigenvalue weighted by atomic mass is 9.96. The number of benzene rings is 1. The molecule has 0 amide bonds. The molecule has 9 nitrogen and oxygen atoms in total. The molecule has 25 heavy (non-hydrogen) atoms. The summed E-state index contributed by atoms with van der Waals surface area (Å²) in [6.07, 6.45) is -4.65. The van der Waals surface area contributed by atoms with Crippen LogP contribution in [-0.4, -0.2) is 60.5 Å². The molecule has 1 aromatic carbocycles. The van der Waals surface area contributed by atoms with Gasteiger partial charge in [0.15, 0.2) is 12.6 Å². The van der Waals surface area contributed by atoms with Gasteiger partial charge >= 0.3 is 5.97 Å². The lowest BCUT2D eigenvalue weighted by Crippen LogP contribution is -2.65. The van der Waals surface area contributed by atoms with Gasteiger partial charge in [-0.3, -0.25) is 4.79 Å². The molecule has 2 aliphatic heterocycles. The lowest BCUT2D eigenvalue weighted by molar-refractivity contribution is -0.343. The number of aliphatic hydroxyl groups is 2. The standard InChI is InChI=1S/C16H21NO8/c1-8(18)25-17-12-13(19)14-11(23-15(12)20)7-22-16(24-14)9-3-5-10(21-2)6-4-9/h3-6,11-17,19-20H,7H2,1-2H3/t11-,12+,13-,14-,15-,16+/m0/s1. The van der Waals surface area contributed by atoms with Crippen molar-refractivity contribution in [2.75, 3.05) is 13.7 Å². The Hall–Kier alpha value is -1.75. The second-order valence-corrected chi connectivity index (χ2v) is 5.83. The summed E-state index contributed by atoms with van der Waals surface area (Å²) in [4.78, 5) is 15.6. The van der Waals surface area contributed by atoms with Gasteiger partial charge in [-0.25, -0.2) is 0 Å². The molecule has 3 rings (SSSR count). The minimum absolute atomic E-state index is 0.135. The molecule has 0 radical (unpaired) electrons. The Morgan fingerprint density at radius 2 is 1.96 bits per heavy atom. The molecular weight excluding hydrogens is 334 g/mol. The van der Waals surface area contributed by atoms with E-state index in [9.17, 15) is 15.0 Å². The Balaban J connectivity index is 1.69. The molecule has 1 aromatic rings. The van der Waals surface area contributed by atoms with E-state index in [1.807, 2.05) is 0 Å². The molecule has 9 heteroatoms. The van der Waals surface area contributed by atoms with Crippen molar-refractivity contribution in [1.82, 2.24) is 5.48 Å². The number of ether oxygens (including phenoxy) is 4. The first-order chi connectivity index (χ1) is 12.0. The highest BCUT2D eigenvalue weighted by molar-refractivity contribution is 5.65. The highest BCUT2D eigenvalue weighted by Crippen LogP contribution is 2.34. The zero-order valence-electron chi connectivity index (χ0n) is 13.8. The quantitative estimate of drug-likeness (QED) is 0.622. The maximum Gasteiger partial charge on any atom is 0.321 e. The molecule has 0 aliphatic carbocycles. The predicted octanol–water partition coefficient (Wildman–Crippen LogP) is -0.376. The van der Waals surface area contributed by atoms with Crippen LogP contribution in [0, 0.1) is 0 Å². The summed E-state index contributed by atoms with van der Waals surface area (Å²) in [5.74, 6) is 0.0952. The molecule has 0 bridgehead atoms. The zero-order chi connectivity index (χ0) is 18.0. The number of carbonyl (C=O) groups excluding carboxylic acids is 1. The largest absolute Gasteiger partial charge is 0.497 e. The van der Waals surface area contributed by atoms with Crippen molar-refractivity contribution in [3.05, 3.63) is 29.8 Å². The summed E-state index contributed by atoms with van der Waals surface area (Å²) >= 11 is 0. The van der Waals surface area contributed by atoms with Crippen LogP contribution in [0.4, 0.5) is 0 Å².